The Morgan fingerprint density at radius 3 is 2.33 bits per heavy atom. The molecule has 0 amide bonds. The van der Waals surface area contributed by atoms with Gasteiger partial charge in [0.2, 0.25) is 0 Å². The highest BCUT2D eigenvalue weighted by molar-refractivity contribution is 7.92. The molecule has 0 heterocycles. The van der Waals surface area contributed by atoms with Gasteiger partial charge in [-0.1, -0.05) is 17.7 Å². The maximum absolute atomic E-state index is 11.8. The maximum atomic E-state index is 11.8. The van der Waals surface area contributed by atoms with Gasteiger partial charge in [0.25, 0.3) is 0 Å². The molecule has 5 heteroatoms. The second-order valence-corrected chi connectivity index (χ2v) is 7.70. The van der Waals surface area contributed by atoms with Gasteiger partial charge < -0.3 is 10.5 Å². The highest BCUT2D eigenvalue weighted by atomic mass is 32.2. The molecule has 0 bridgehead atoms. The van der Waals surface area contributed by atoms with E-state index in [-0.39, 0.29) is 0 Å². The van der Waals surface area contributed by atoms with Crippen molar-refractivity contribution in [1.82, 2.24) is 0 Å². The van der Waals surface area contributed by atoms with E-state index in [1.165, 1.54) is 6.26 Å². The van der Waals surface area contributed by atoms with Gasteiger partial charge in [0.1, 0.15) is 5.75 Å². The largest absolute Gasteiger partial charge is 0.496 e. The summed E-state index contributed by atoms with van der Waals surface area (Å²) in [5, 5.41) is 0. The van der Waals surface area contributed by atoms with Gasteiger partial charge in [0.05, 0.1) is 17.9 Å². The summed E-state index contributed by atoms with van der Waals surface area (Å²) in [6.07, 6.45) is 1.20. The topological polar surface area (TPSA) is 69.4 Å². The number of ether oxygens (including phenoxy) is 1. The molecular formula is C13H21NO3S. The van der Waals surface area contributed by atoms with Crippen LogP contribution in [0.15, 0.2) is 18.2 Å². The van der Waals surface area contributed by atoms with Crippen LogP contribution < -0.4 is 10.5 Å². The fourth-order valence-corrected chi connectivity index (χ4v) is 2.29. The second kappa shape index (κ2) is 4.90. The smallest absolute Gasteiger partial charge is 0.154 e. The second-order valence-electron chi connectivity index (χ2n) is 5.10. The Morgan fingerprint density at radius 1 is 1.33 bits per heavy atom. The highest BCUT2D eigenvalue weighted by Crippen LogP contribution is 2.35. The van der Waals surface area contributed by atoms with E-state index in [2.05, 4.69) is 0 Å². The summed E-state index contributed by atoms with van der Waals surface area (Å²) in [6.45, 7) is 5.20. The van der Waals surface area contributed by atoms with Crippen molar-refractivity contribution in [2.24, 2.45) is 5.73 Å². The van der Waals surface area contributed by atoms with Crippen molar-refractivity contribution in [2.75, 3.05) is 13.4 Å². The fourth-order valence-electron chi connectivity index (χ4n) is 1.70. The normalized spacial score (nSPS) is 14.3. The Labute approximate surface area is 109 Å². The maximum Gasteiger partial charge on any atom is 0.154 e. The minimum absolute atomic E-state index is 0.616. The molecule has 1 atom stereocenters. The first kappa shape index (κ1) is 15.0. The predicted octanol–water partition coefficient (Wildman–Crippen LogP) is 1.83. The molecule has 0 aromatic heterocycles. The van der Waals surface area contributed by atoms with Crippen molar-refractivity contribution in [3.05, 3.63) is 29.3 Å². The molecule has 0 saturated heterocycles. The Morgan fingerprint density at radius 2 is 1.89 bits per heavy atom. The molecule has 1 aromatic carbocycles. The average Bonchev–Trinajstić information content (AvgIpc) is 2.26. The molecule has 1 aromatic rings. The zero-order valence-corrected chi connectivity index (χ0v) is 12.3. The van der Waals surface area contributed by atoms with Gasteiger partial charge in [-0.25, -0.2) is 8.42 Å². The number of methoxy groups -OCH3 is 1. The summed E-state index contributed by atoms with van der Waals surface area (Å²) in [7, 11) is -1.72. The summed E-state index contributed by atoms with van der Waals surface area (Å²) in [5.41, 5.74) is 7.88. The lowest BCUT2D eigenvalue weighted by molar-refractivity contribution is 0.398. The number of aryl methyl sites for hydroxylation is 1. The molecule has 4 nitrogen and oxygen atoms in total. The fraction of sp³-hybridized carbons (Fsp3) is 0.538. The Kier molecular flexibility index (Phi) is 4.08. The van der Waals surface area contributed by atoms with Crippen molar-refractivity contribution in [2.45, 2.75) is 31.6 Å². The molecule has 18 heavy (non-hydrogen) atoms. The van der Waals surface area contributed by atoms with Gasteiger partial charge in [-0.3, -0.25) is 0 Å². The summed E-state index contributed by atoms with van der Waals surface area (Å²) < 4.78 is 27.9. The van der Waals surface area contributed by atoms with Gasteiger partial charge in [0, 0.05) is 11.8 Å². The molecule has 1 unspecified atom stereocenters. The van der Waals surface area contributed by atoms with Crippen LogP contribution in [0.2, 0.25) is 0 Å². The van der Waals surface area contributed by atoms with Gasteiger partial charge >= 0.3 is 0 Å². The van der Waals surface area contributed by atoms with E-state index in [0.717, 1.165) is 5.56 Å². The number of hydrogen-bond donors (Lipinski definition) is 1. The summed E-state index contributed by atoms with van der Waals surface area (Å²) in [4.78, 5) is 0. The van der Waals surface area contributed by atoms with Crippen LogP contribution in [0, 0.1) is 6.92 Å². The zero-order chi connectivity index (χ0) is 14.1. The first-order valence-corrected chi connectivity index (χ1v) is 7.60. The molecule has 0 aliphatic heterocycles. The summed E-state index contributed by atoms with van der Waals surface area (Å²) in [6, 6.07) is 4.95. The van der Waals surface area contributed by atoms with Crippen LogP contribution in [0.5, 0.6) is 5.75 Å². The lowest BCUT2D eigenvalue weighted by Gasteiger charge is -2.31. The summed E-state index contributed by atoms with van der Waals surface area (Å²) in [5.74, 6) is 0.616. The van der Waals surface area contributed by atoms with E-state index >= 15 is 0 Å². The predicted molar refractivity (Wildman–Crippen MR) is 73.6 cm³/mol. The Balaban J connectivity index is 3.35. The molecule has 0 spiro atoms. The number of rotatable bonds is 4. The van der Waals surface area contributed by atoms with Crippen molar-refractivity contribution in [1.29, 1.82) is 0 Å². The third-order valence-electron chi connectivity index (χ3n) is 3.42. The molecule has 2 N–H and O–H groups in total. The van der Waals surface area contributed by atoms with Crippen LogP contribution in [0.3, 0.4) is 0 Å². The standard InChI is InChI=1S/C13H21NO3S/c1-9-6-7-11(17-4)10(8-9)12(14)13(2,3)18(5,15)16/h6-8,12H,14H2,1-5H3. The molecule has 0 aliphatic rings. The van der Waals surface area contributed by atoms with Crippen LogP contribution in [0.25, 0.3) is 0 Å². The van der Waals surface area contributed by atoms with Gasteiger partial charge in [-0.2, -0.15) is 0 Å². The Hall–Kier alpha value is -1.07. The van der Waals surface area contributed by atoms with Crippen molar-refractivity contribution in [3.8, 4) is 5.75 Å². The van der Waals surface area contributed by atoms with Crippen molar-refractivity contribution < 1.29 is 13.2 Å². The molecule has 0 fully saturated rings. The van der Waals surface area contributed by atoms with E-state index < -0.39 is 20.6 Å². The number of sulfone groups is 1. The molecular weight excluding hydrogens is 250 g/mol. The monoisotopic (exact) mass is 271 g/mol. The third kappa shape index (κ3) is 2.67. The van der Waals surface area contributed by atoms with Crippen LogP contribution in [0.4, 0.5) is 0 Å². The highest BCUT2D eigenvalue weighted by Gasteiger charge is 2.38. The minimum Gasteiger partial charge on any atom is -0.496 e. The average molecular weight is 271 g/mol. The van der Waals surface area contributed by atoms with Crippen molar-refractivity contribution >= 4 is 9.84 Å². The summed E-state index contributed by atoms with van der Waals surface area (Å²) >= 11 is 0. The van der Waals surface area contributed by atoms with Crippen LogP contribution in [-0.2, 0) is 9.84 Å². The molecule has 102 valence electrons. The third-order valence-corrected chi connectivity index (χ3v) is 5.59. The minimum atomic E-state index is -3.27. The lowest BCUT2D eigenvalue weighted by Crippen LogP contribution is -2.42. The molecule has 0 saturated carbocycles. The molecule has 0 radical (unpaired) electrons. The lowest BCUT2D eigenvalue weighted by atomic mass is 9.94. The van der Waals surface area contributed by atoms with Crippen LogP contribution in [0.1, 0.15) is 31.0 Å². The van der Waals surface area contributed by atoms with E-state index in [1.54, 1.807) is 21.0 Å². The number of hydrogen-bond acceptors (Lipinski definition) is 4. The van der Waals surface area contributed by atoms with E-state index in [0.29, 0.717) is 11.3 Å². The van der Waals surface area contributed by atoms with Gasteiger partial charge in [-0.15, -0.1) is 0 Å². The molecule has 0 aliphatic carbocycles. The number of benzene rings is 1. The first-order valence-electron chi connectivity index (χ1n) is 5.71. The van der Waals surface area contributed by atoms with Crippen LogP contribution >= 0.6 is 0 Å². The van der Waals surface area contributed by atoms with E-state index in [9.17, 15) is 8.42 Å². The molecule has 1 rings (SSSR count). The van der Waals surface area contributed by atoms with Crippen LogP contribution in [-0.4, -0.2) is 26.5 Å². The van der Waals surface area contributed by atoms with Crippen molar-refractivity contribution in [3.63, 3.8) is 0 Å². The van der Waals surface area contributed by atoms with Gasteiger partial charge in [0.15, 0.2) is 9.84 Å². The Bertz CT molecular complexity index is 535. The zero-order valence-electron chi connectivity index (χ0n) is 11.5. The quantitative estimate of drug-likeness (QED) is 0.907. The first-order chi connectivity index (χ1) is 8.11. The SMILES string of the molecule is COc1ccc(C)cc1C(N)C(C)(C)S(C)(=O)=O. The van der Waals surface area contributed by atoms with E-state index in [1.807, 2.05) is 25.1 Å². The van der Waals surface area contributed by atoms with Gasteiger partial charge in [-0.05, 0) is 26.8 Å². The van der Waals surface area contributed by atoms with E-state index in [4.69, 9.17) is 10.5 Å². The number of nitrogens with two attached hydrogens (primary N) is 1.